The van der Waals surface area contributed by atoms with Gasteiger partial charge in [-0.15, -0.1) is 0 Å². The van der Waals surface area contributed by atoms with Crippen LogP contribution in [0, 0.1) is 5.92 Å². The Bertz CT molecular complexity index is 379. The second kappa shape index (κ2) is 6.03. The highest BCUT2D eigenvalue weighted by atomic mass is 16.2. The van der Waals surface area contributed by atoms with Crippen molar-refractivity contribution in [3.05, 3.63) is 30.3 Å². The fourth-order valence-corrected chi connectivity index (χ4v) is 2.81. The summed E-state index contributed by atoms with van der Waals surface area (Å²) < 4.78 is 0. The fourth-order valence-electron chi connectivity index (χ4n) is 2.81. The zero-order chi connectivity index (χ0) is 13.0. The molecule has 1 amide bonds. The van der Waals surface area contributed by atoms with Gasteiger partial charge in [-0.3, -0.25) is 4.79 Å². The average molecular weight is 245 g/mol. The molecule has 2 rings (SSSR count). The Hall–Kier alpha value is -1.31. The van der Waals surface area contributed by atoms with E-state index in [1.807, 2.05) is 35.2 Å². The lowest BCUT2D eigenvalue weighted by Gasteiger charge is -2.32. The molecule has 0 heterocycles. The molecule has 0 aromatic heterocycles. The number of rotatable bonds is 3. The van der Waals surface area contributed by atoms with Crippen LogP contribution in [0.1, 0.15) is 46.0 Å². The molecule has 0 aliphatic heterocycles. The number of anilines is 1. The summed E-state index contributed by atoms with van der Waals surface area (Å²) in [6.07, 6.45) is 5.83. The predicted molar refractivity (Wildman–Crippen MR) is 75.6 cm³/mol. The van der Waals surface area contributed by atoms with Crippen molar-refractivity contribution >= 4 is 11.6 Å². The Labute approximate surface area is 110 Å². The number of hydrogen-bond acceptors (Lipinski definition) is 1. The molecular formula is C16H23NO. The van der Waals surface area contributed by atoms with E-state index in [1.54, 1.807) is 0 Å². The molecule has 0 bridgehead atoms. The van der Waals surface area contributed by atoms with Crippen LogP contribution in [0.2, 0.25) is 0 Å². The van der Waals surface area contributed by atoms with E-state index in [2.05, 4.69) is 13.8 Å². The minimum absolute atomic E-state index is 0.224. The molecule has 0 N–H and O–H groups in total. The number of amides is 1. The minimum Gasteiger partial charge on any atom is -0.310 e. The normalized spacial score (nSPS) is 16.8. The molecule has 1 aromatic carbocycles. The maximum atomic E-state index is 12.7. The van der Waals surface area contributed by atoms with Gasteiger partial charge in [0.2, 0.25) is 5.91 Å². The lowest BCUT2D eigenvalue weighted by Crippen LogP contribution is -2.41. The molecule has 18 heavy (non-hydrogen) atoms. The van der Waals surface area contributed by atoms with Gasteiger partial charge >= 0.3 is 0 Å². The van der Waals surface area contributed by atoms with Crippen molar-refractivity contribution in [3.63, 3.8) is 0 Å². The first-order valence-electron chi connectivity index (χ1n) is 7.08. The molecule has 1 saturated carbocycles. The van der Waals surface area contributed by atoms with Crippen LogP contribution in [0.15, 0.2) is 30.3 Å². The van der Waals surface area contributed by atoms with Gasteiger partial charge in [0.25, 0.3) is 0 Å². The van der Waals surface area contributed by atoms with Crippen molar-refractivity contribution in [1.82, 2.24) is 0 Å². The Balaban J connectivity index is 2.17. The van der Waals surface area contributed by atoms with E-state index >= 15 is 0 Å². The third-order valence-electron chi connectivity index (χ3n) is 3.74. The second-order valence-corrected chi connectivity index (χ2v) is 5.47. The molecule has 0 unspecified atom stereocenters. The highest BCUT2D eigenvalue weighted by Crippen LogP contribution is 2.28. The van der Waals surface area contributed by atoms with Crippen molar-refractivity contribution in [2.45, 2.75) is 52.0 Å². The lowest BCUT2D eigenvalue weighted by atomic mass is 9.88. The quantitative estimate of drug-likeness (QED) is 0.788. The largest absolute Gasteiger partial charge is 0.310 e. The first-order chi connectivity index (χ1) is 8.70. The molecule has 0 saturated heterocycles. The molecule has 1 aromatic rings. The maximum Gasteiger partial charge on any atom is 0.230 e. The summed E-state index contributed by atoms with van der Waals surface area (Å²) >= 11 is 0. The number of para-hydroxylation sites is 1. The van der Waals surface area contributed by atoms with Gasteiger partial charge in [0.05, 0.1) is 0 Å². The summed E-state index contributed by atoms with van der Waals surface area (Å²) in [7, 11) is 0. The molecule has 2 nitrogen and oxygen atoms in total. The maximum absolute atomic E-state index is 12.7. The van der Waals surface area contributed by atoms with Crippen molar-refractivity contribution in [2.24, 2.45) is 5.92 Å². The molecular weight excluding hydrogens is 222 g/mol. The summed E-state index contributed by atoms with van der Waals surface area (Å²) in [5.41, 5.74) is 1.03. The van der Waals surface area contributed by atoms with Crippen molar-refractivity contribution in [3.8, 4) is 0 Å². The number of hydrogen-bond donors (Lipinski definition) is 0. The molecule has 0 spiro atoms. The summed E-state index contributed by atoms with van der Waals surface area (Å²) in [6, 6.07) is 10.3. The van der Waals surface area contributed by atoms with Crippen LogP contribution in [0.3, 0.4) is 0 Å². The van der Waals surface area contributed by atoms with Crippen LogP contribution < -0.4 is 4.90 Å². The van der Waals surface area contributed by atoms with Crippen LogP contribution in [-0.4, -0.2) is 11.9 Å². The summed E-state index contributed by atoms with van der Waals surface area (Å²) in [4.78, 5) is 14.6. The Morgan fingerprint density at radius 1 is 1.11 bits per heavy atom. The van der Waals surface area contributed by atoms with Gasteiger partial charge in [-0.2, -0.15) is 0 Å². The molecule has 98 valence electrons. The number of carbonyl (C=O) groups is 1. The van der Waals surface area contributed by atoms with Crippen LogP contribution >= 0.6 is 0 Å². The topological polar surface area (TPSA) is 20.3 Å². The smallest absolute Gasteiger partial charge is 0.230 e. The van der Waals surface area contributed by atoms with E-state index in [0.29, 0.717) is 5.91 Å². The first-order valence-corrected chi connectivity index (χ1v) is 7.08. The van der Waals surface area contributed by atoms with Gasteiger partial charge in [-0.1, -0.05) is 37.5 Å². The summed E-state index contributed by atoms with van der Waals surface area (Å²) in [5.74, 6) is 0.553. The van der Waals surface area contributed by atoms with E-state index in [4.69, 9.17) is 0 Å². The molecule has 0 atom stereocenters. The van der Waals surface area contributed by atoms with Crippen LogP contribution in [0.25, 0.3) is 0 Å². The van der Waals surface area contributed by atoms with Crippen molar-refractivity contribution in [2.75, 3.05) is 4.90 Å². The van der Waals surface area contributed by atoms with E-state index in [0.717, 1.165) is 18.5 Å². The molecule has 1 aliphatic carbocycles. The fraction of sp³-hybridized carbons (Fsp3) is 0.562. The van der Waals surface area contributed by atoms with E-state index in [9.17, 15) is 4.79 Å². The van der Waals surface area contributed by atoms with Crippen molar-refractivity contribution < 1.29 is 4.79 Å². The Morgan fingerprint density at radius 3 is 2.28 bits per heavy atom. The van der Waals surface area contributed by atoms with Crippen molar-refractivity contribution in [1.29, 1.82) is 0 Å². The van der Waals surface area contributed by atoms with Crippen LogP contribution in [0.4, 0.5) is 5.69 Å². The zero-order valence-corrected chi connectivity index (χ0v) is 11.4. The third kappa shape index (κ3) is 2.92. The van der Waals surface area contributed by atoms with Gasteiger partial charge in [-0.25, -0.2) is 0 Å². The van der Waals surface area contributed by atoms with E-state index in [1.165, 1.54) is 19.3 Å². The zero-order valence-electron chi connectivity index (χ0n) is 11.4. The predicted octanol–water partition coefficient (Wildman–Crippen LogP) is 4.01. The SMILES string of the molecule is CC(C)N(C(=O)C1CCCCC1)c1ccccc1. The van der Waals surface area contributed by atoms with Crippen LogP contribution in [0.5, 0.6) is 0 Å². The number of nitrogens with zero attached hydrogens (tertiary/aromatic N) is 1. The molecule has 1 aliphatic rings. The van der Waals surface area contributed by atoms with Crippen LogP contribution in [-0.2, 0) is 4.79 Å². The van der Waals surface area contributed by atoms with Gasteiger partial charge in [0.1, 0.15) is 0 Å². The average Bonchev–Trinajstić information content (AvgIpc) is 2.40. The highest BCUT2D eigenvalue weighted by molar-refractivity contribution is 5.95. The first kappa shape index (κ1) is 13.1. The number of carbonyl (C=O) groups excluding carboxylic acids is 1. The van der Waals surface area contributed by atoms with Gasteiger partial charge in [0.15, 0.2) is 0 Å². The monoisotopic (exact) mass is 245 g/mol. The third-order valence-corrected chi connectivity index (χ3v) is 3.74. The summed E-state index contributed by atoms with van der Waals surface area (Å²) in [5, 5.41) is 0. The Kier molecular flexibility index (Phi) is 4.40. The second-order valence-electron chi connectivity index (χ2n) is 5.47. The van der Waals surface area contributed by atoms with E-state index in [-0.39, 0.29) is 12.0 Å². The molecule has 0 radical (unpaired) electrons. The van der Waals surface area contributed by atoms with E-state index < -0.39 is 0 Å². The Morgan fingerprint density at radius 2 is 1.72 bits per heavy atom. The highest BCUT2D eigenvalue weighted by Gasteiger charge is 2.28. The standard InChI is InChI=1S/C16H23NO/c1-13(2)17(15-11-7-4-8-12-15)16(18)14-9-5-3-6-10-14/h4,7-8,11-14H,3,5-6,9-10H2,1-2H3. The number of benzene rings is 1. The van der Waals surface area contributed by atoms with Gasteiger partial charge in [0, 0.05) is 17.6 Å². The summed E-state index contributed by atoms with van der Waals surface area (Å²) in [6.45, 7) is 4.18. The lowest BCUT2D eigenvalue weighted by molar-refractivity contribution is -0.123. The molecule has 1 fully saturated rings. The minimum atomic E-state index is 0.224. The van der Waals surface area contributed by atoms with Gasteiger partial charge in [-0.05, 0) is 38.8 Å². The van der Waals surface area contributed by atoms with Gasteiger partial charge < -0.3 is 4.90 Å². The molecule has 2 heteroatoms.